The summed E-state index contributed by atoms with van der Waals surface area (Å²) in [5.74, 6) is 1.41. The van der Waals surface area contributed by atoms with Gasteiger partial charge in [0.2, 0.25) is 0 Å². The van der Waals surface area contributed by atoms with E-state index in [2.05, 4.69) is 5.32 Å². The Morgan fingerprint density at radius 3 is 2.87 bits per heavy atom. The van der Waals surface area contributed by atoms with E-state index >= 15 is 0 Å². The third-order valence-corrected chi connectivity index (χ3v) is 4.23. The first-order valence-electron chi connectivity index (χ1n) is 7.81. The molecule has 1 heterocycles. The van der Waals surface area contributed by atoms with Gasteiger partial charge < -0.3 is 15.0 Å². The SMILES string of the molecule is CNCC1CCN(C(=O)COc2cccc3ccccc23)C1.Cl. The second-order valence-electron chi connectivity index (χ2n) is 5.82. The Morgan fingerprint density at radius 1 is 1.26 bits per heavy atom. The molecule has 0 aromatic heterocycles. The van der Waals surface area contributed by atoms with Crippen LogP contribution in [0.4, 0.5) is 0 Å². The van der Waals surface area contributed by atoms with Crippen molar-refractivity contribution in [2.75, 3.05) is 33.3 Å². The van der Waals surface area contributed by atoms with E-state index in [4.69, 9.17) is 4.74 Å². The van der Waals surface area contributed by atoms with Crippen molar-refractivity contribution < 1.29 is 9.53 Å². The van der Waals surface area contributed by atoms with Gasteiger partial charge in [0.15, 0.2) is 6.61 Å². The smallest absolute Gasteiger partial charge is 0.260 e. The summed E-state index contributed by atoms with van der Waals surface area (Å²) in [6.07, 6.45) is 1.07. The molecule has 124 valence electrons. The maximum Gasteiger partial charge on any atom is 0.260 e. The molecule has 1 fully saturated rings. The molecule has 1 N–H and O–H groups in total. The topological polar surface area (TPSA) is 41.6 Å². The van der Waals surface area contributed by atoms with E-state index in [0.717, 1.165) is 42.6 Å². The molecule has 5 heteroatoms. The maximum absolute atomic E-state index is 12.3. The second-order valence-corrected chi connectivity index (χ2v) is 5.82. The fourth-order valence-corrected chi connectivity index (χ4v) is 3.07. The minimum atomic E-state index is 0. The predicted octanol–water partition coefficient (Wildman–Crippen LogP) is 2.71. The standard InChI is InChI=1S/C18H22N2O2.ClH/c1-19-11-14-9-10-20(12-14)18(21)13-22-17-8-4-6-15-5-2-3-7-16(15)17;/h2-8,14,19H,9-13H2,1H3;1H. The number of rotatable bonds is 5. The molecule has 1 aliphatic rings. The molecule has 0 aliphatic carbocycles. The molecule has 1 amide bonds. The fraction of sp³-hybridized carbons (Fsp3) is 0.389. The Labute approximate surface area is 143 Å². The van der Waals surface area contributed by atoms with Gasteiger partial charge in [-0.15, -0.1) is 12.4 Å². The highest BCUT2D eigenvalue weighted by molar-refractivity contribution is 5.88. The van der Waals surface area contributed by atoms with E-state index in [1.165, 1.54) is 0 Å². The van der Waals surface area contributed by atoms with Crippen LogP contribution in [0, 0.1) is 5.92 Å². The molecular weight excluding hydrogens is 312 g/mol. The van der Waals surface area contributed by atoms with E-state index in [1.54, 1.807) is 0 Å². The molecule has 1 saturated heterocycles. The zero-order valence-electron chi connectivity index (χ0n) is 13.3. The summed E-state index contributed by atoms with van der Waals surface area (Å²) >= 11 is 0. The number of halogens is 1. The van der Waals surface area contributed by atoms with E-state index in [1.807, 2.05) is 54.4 Å². The van der Waals surface area contributed by atoms with Crippen molar-refractivity contribution in [1.29, 1.82) is 0 Å². The van der Waals surface area contributed by atoms with Crippen LogP contribution < -0.4 is 10.1 Å². The number of amides is 1. The molecule has 0 saturated carbocycles. The largest absolute Gasteiger partial charge is 0.483 e. The van der Waals surface area contributed by atoms with Crippen molar-refractivity contribution >= 4 is 29.1 Å². The molecule has 2 aromatic carbocycles. The van der Waals surface area contributed by atoms with Gasteiger partial charge in [-0.2, -0.15) is 0 Å². The number of nitrogens with zero attached hydrogens (tertiary/aromatic N) is 1. The Balaban J connectivity index is 0.00000192. The molecule has 1 unspecified atom stereocenters. The lowest BCUT2D eigenvalue weighted by atomic mass is 10.1. The zero-order valence-corrected chi connectivity index (χ0v) is 14.1. The average molecular weight is 335 g/mol. The van der Waals surface area contributed by atoms with Crippen molar-refractivity contribution in [2.24, 2.45) is 5.92 Å². The maximum atomic E-state index is 12.3. The van der Waals surface area contributed by atoms with Gasteiger partial charge >= 0.3 is 0 Å². The van der Waals surface area contributed by atoms with Gasteiger partial charge in [-0.25, -0.2) is 0 Å². The molecule has 2 aromatic rings. The van der Waals surface area contributed by atoms with Crippen molar-refractivity contribution in [2.45, 2.75) is 6.42 Å². The number of fused-ring (bicyclic) bond motifs is 1. The molecular formula is C18H23ClN2O2. The Bertz CT molecular complexity index is 657. The van der Waals surface area contributed by atoms with Gasteiger partial charge in [-0.05, 0) is 37.4 Å². The second kappa shape index (κ2) is 8.18. The summed E-state index contributed by atoms with van der Waals surface area (Å²) < 4.78 is 5.78. The van der Waals surface area contributed by atoms with Gasteiger partial charge in [0, 0.05) is 18.5 Å². The summed E-state index contributed by atoms with van der Waals surface area (Å²) in [4.78, 5) is 14.2. The molecule has 3 rings (SSSR count). The first-order valence-corrected chi connectivity index (χ1v) is 7.81. The number of hydrogen-bond donors (Lipinski definition) is 1. The van der Waals surface area contributed by atoms with E-state index in [-0.39, 0.29) is 24.9 Å². The third kappa shape index (κ3) is 4.15. The summed E-state index contributed by atoms with van der Waals surface area (Å²) in [5, 5.41) is 5.35. The molecule has 1 atom stereocenters. The van der Waals surface area contributed by atoms with Gasteiger partial charge in [0.1, 0.15) is 5.75 Å². The zero-order chi connectivity index (χ0) is 15.4. The fourth-order valence-electron chi connectivity index (χ4n) is 3.07. The number of likely N-dealkylation sites (tertiary alicyclic amines) is 1. The van der Waals surface area contributed by atoms with Crippen molar-refractivity contribution in [3.63, 3.8) is 0 Å². The number of carbonyl (C=O) groups excluding carboxylic acids is 1. The normalized spacial score (nSPS) is 17.1. The lowest BCUT2D eigenvalue weighted by molar-refractivity contribution is -0.132. The van der Waals surface area contributed by atoms with Gasteiger partial charge in [-0.1, -0.05) is 36.4 Å². The van der Waals surface area contributed by atoms with Crippen LogP contribution in [0.5, 0.6) is 5.75 Å². The first-order chi connectivity index (χ1) is 10.8. The van der Waals surface area contributed by atoms with Crippen molar-refractivity contribution in [3.8, 4) is 5.75 Å². The average Bonchev–Trinajstić information content (AvgIpc) is 3.02. The quantitative estimate of drug-likeness (QED) is 0.914. The van der Waals surface area contributed by atoms with Crippen LogP contribution >= 0.6 is 12.4 Å². The molecule has 0 bridgehead atoms. The number of hydrogen-bond acceptors (Lipinski definition) is 3. The first kappa shape index (κ1) is 17.6. The summed E-state index contributed by atoms with van der Waals surface area (Å²) in [6, 6.07) is 14.0. The number of carbonyl (C=O) groups is 1. The Hall–Kier alpha value is -1.78. The van der Waals surface area contributed by atoms with Crippen LogP contribution in [0.2, 0.25) is 0 Å². The predicted molar refractivity (Wildman–Crippen MR) is 95.3 cm³/mol. The monoisotopic (exact) mass is 334 g/mol. The van der Waals surface area contributed by atoms with Crippen LogP contribution in [0.25, 0.3) is 10.8 Å². The lowest BCUT2D eigenvalue weighted by Gasteiger charge is -2.17. The number of nitrogens with one attached hydrogen (secondary N) is 1. The minimum absolute atomic E-state index is 0. The molecule has 23 heavy (non-hydrogen) atoms. The van der Waals surface area contributed by atoms with Crippen molar-refractivity contribution in [3.05, 3.63) is 42.5 Å². The Morgan fingerprint density at radius 2 is 2.04 bits per heavy atom. The highest BCUT2D eigenvalue weighted by Gasteiger charge is 2.25. The molecule has 0 spiro atoms. The highest BCUT2D eigenvalue weighted by Crippen LogP contribution is 2.25. The van der Waals surface area contributed by atoms with Crippen LogP contribution in [-0.2, 0) is 4.79 Å². The van der Waals surface area contributed by atoms with Crippen LogP contribution in [0.15, 0.2) is 42.5 Å². The van der Waals surface area contributed by atoms with Gasteiger partial charge in [-0.3, -0.25) is 4.79 Å². The van der Waals surface area contributed by atoms with E-state index < -0.39 is 0 Å². The van der Waals surface area contributed by atoms with Crippen LogP contribution in [0.3, 0.4) is 0 Å². The van der Waals surface area contributed by atoms with Gasteiger partial charge in [0.05, 0.1) is 0 Å². The molecule has 4 nitrogen and oxygen atoms in total. The number of benzene rings is 2. The van der Waals surface area contributed by atoms with E-state index in [9.17, 15) is 4.79 Å². The third-order valence-electron chi connectivity index (χ3n) is 4.23. The minimum Gasteiger partial charge on any atom is -0.483 e. The lowest BCUT2D eigenvalue weighted by Crippen LogP contribution is -2.34. The number of ether oxygens (including phenoxy) is 1. The van der Waals surface area contributed by atoms with Crippen LogP contribution in [0.1, 0.15) is 6.42 Å². The van der Waals surface area contributed by atoms with Crippen LogP contribution in [-0.4, -0.2) is 44.1 Å². The summed E-state index contributed by atoms with van der Waals surface area (Å²) in [5.41, 5.74) is 0. The summed E-state index contributed by atoms with van der Waals surface area (Å²) in [6.45, 7) is 2.75. The highest BCUT2D eigenvalue weighted by atomic mass is 35.5. The van der Waals surface area contributed by atoms with Crippen molar-refractivity contribution in [1.82, 2.24) is 10.2 Å². The van der Waals surface area contributed by atoms with E-state index in [0.29, 0.717) is 5.92 Å². The Kier molecular flexibility index (Phi) is 6.25. The summed E-state index contributed by atoms with van der Waals surface area (Å²) in [7, 11) is 1.95. The van der Waals surface area contributed by atoms with Gasteiger partial charge in [0.25, 0.3) is 5.91 Å². The molecule has 0 radical (unpaired) electrons. The molecule has 1 aliphatic heterocycles.